The van der Waals surface area contributed by atoms with Crippen LogP contribution < -0.4 is 21.3 Å². The van der Waals surface area contributed by atoms with Gasteiger partial charge in [0.15, 0.2) is 10.9 Å². The molecule has 27 heavy (non-hydrogen) atoms. The van der Waals surface area contributed by atoms with Crippen molar-refractivity contribution in [3.63, 3.8) is 0 Å². The molecule has 1 unspecified atom stereocenters. The zero-order chi connectivity index (χ0) is 18.2. The summed E-state index contributed by atoms with van der Waals surface area (Å²) in [5.41, 5.74) is 4.76. The number of nitrogens with one attached hydrogen (secondary N) is 2. The standard InChI is InChI=1S/C20H19N5OS/c26-20(25-8-6-21-7-9-25)19-23-16(12-27-19)17-15-10-14(11-22-18(15)24-17)13-4-2-1-3-5-13/h1-5,10-12,19,21,23H,6-9H2. The molecular formula is C20H19N5OS. The summed E-state index contributed by atoms with van der Waals surface area (Å²) < 4.78 is 0. The van der Waals surface area contributed by atoms with Gasteiger partial charge in [-0.1, -0.05) is 42.1 Å². The Labute approximate surface area is 161 Å². The molecule has 6 nitrogen and oxygen atoms in total. The van der Waals surface area contributed by atoms with Crippen LogP contribution in [0.5, 0.6) is 0 Å². The SMILES string of the molecule is O=C(C1NC(C2=c3cc(-c4ccccc4)cnc3=N2)=CS1)N1CCNCC1. The highest BCUT2D eigenvalue weighted by molar-refractivity contribution is 8.03. The maximum absolute atomic E-state index is 12.7. The van der Waals surface area contributed by atoms with Crippen molar-refractivity contribution in [2.24, 2.45) is 4.99 Å². The Morgan fingerprint density at radius 2 is 1.96 bits per heavy atom. The fraction of sp³-hybridized carbons (Fsp3) is 0.250. The topological polar surface area (TPSA) is 69.6 Å². The number of hydrogen-bond acceptors (Lipinski definition) is 6. The number of carbonyl (C=O) groups excluding carboxylic acids is 1. The van der Waals surface area contributed by atoms with Gasteiger partial charge in [-0.15, -0.1) is 0 Å². The van der Waals surface area contributed by atoms with Gasteiger partial charge in [0.1, 0.15) is 5.70 Å². The van der Waals surface area contributed by atoms with E-state index >= 15 is 0 Å². The van der Waals surface area contributed by atoms with Gasteiger partial charge in [0, 0.05) is 43.2 Å². The first kappa shape index (κ1) is 16.5. The van der Waals surface area contributed by atoms with E-state index in [-0.39, 0.29) is 11.3 Å². The van der Waals surface area contributed by atoms with Gasteiger partial charge in [0.25, 0.3) is 5.91 Å². The molecule has 3 aliphatic rings. The van der Waals surface area contributed by atoms with Crippen LogP contribution in [0.4, 0.5) is 0 Å². The largest absolute Gasteiger partial charge is 0.363 e. The van der Waals surface area contributed by atoms with Crippen molar-refractivity contribution in [3.05, 3.63) is 64.4 Å². The smallest absolute Gasteiger partial charge is 0.256 e. The minimum atomic E-state index is -0.268. The number of benzene rings is 1. The molecule has 0 aliphatic carbocycles. The number of nitrogens with zero attached hydrogens (tertiary/aromatic N) is 3. The molecule has 0 saturated carbocycles. The predicted octanol–water partition coefficient (Wildman–Crippen LogP) is 0.426. The Morgan fingerprint density at radius 3 is 2.78 bits per heavy atom. The summed E-state index contributed by atoms with van der Waals surface area (Å²) in [5, 5.41) is 9.39. The molecule has 136 valence electrons. The predicted molar refractivity (Wildman–Crippen MR) is 106 cm³/mol. The molecule has 1 aromatic carbocycles. The van der Waals surface area contributed by atoms with E-state index in [9.17, 15) is 4.79 Å². The molecule has 1 atom stereocenters. The lowest BCUT2D eigenvalue weighted by atomic mass is 10.1. The van der Waals surface area contributed by atoms with Crippen molar-refractivity contribution in [1.29, 1.82) is 0 Å². The summed E-state index contributed by atoms with van der Waals surface area (Å²) in [7, 11) is 0. The number of fused-ring (bicyclic) bond motifs is 1. The number of carbonyl (C=O) groups is 1. The zero-order valence-electron chi connectivity index (χ0n) is 14.7. The number of hydrogen-bond donors (Lipinski definition) is 2. The average Bonchev–Trinajstić information content (AvgIpc) is 3.19. The van der Waals surface area contributed by atoms with Crippen LogP contribution in [-0.2, 0) is 4.79 Å². The Balaban J connectivity index is 1.37. The number of thioether (sulfide) groups is 1. The van der Waals surface area contributed by atoms with Gasteiger partial charge in [0.2, 0.25) is 0 Å². The second-order valence-corrected chi connectivity index (χ2v) is 7.67. The number of amides is 1. The molecule has 0 radical (unpaired) electrons. The lowest BCUT2D eigenvalue weighted by Crippen LogP contribution is -2.51. The van der Waals surface area contributed by atoms with Crippen LogP contribution in [0, 0.1) is 0 Å². The number of aromatic nitrogens is 1. The maximum atomic E-state index is 12.7. The third-order valence-electron chi connectivity index (χ3n) is 4.96. The van der Waals surface area contributed by atoms with Crippen LogP contribution in [-0.4, -0.2) is 47.3 Å². The summed E-state index contributed by atoms with van der Waals surface area (Å²) in [5.74, 6) is 0.143. The Kier molecular flexibility index (Phi) is 4.18. The van der Waals surface area contributed by atoms with Crippen molar-refractivity contribution >= 4 is 23.4 Å². The molecule has 7 heteroatoms. The minimum absolute atomic E-state index is 0.143. The molecule has 3 aliphatic heterocycles. The molecular weight excluding hydrogens is 358 g/mol. The second-order valence-electron chi connectivity index (χ2n) is 6.69. The van der Waals surface area contributed by atoms with E-state index in [0.717, 1.165) is 59.4 Å². The Hall–Kier alpha value is -2.64. The molecule has 4 heterocycles. The quantitative estimate of drug-likeness (QED) is 0.812. The van der Waals surface area contributed by atoms with Crippen molar-refractivity contribution in [2.45, 2.75) is 5.37 Å². The van der Waals surface area contributed by atoms with Gasteiger partial charge in [-0.05, 0) is 17.0 Å². The molecule has 2 aromatic rings. The first-order valence-electron chi connectivity index (χ1n) is 9.06. The number of pyridine rings is 1. The molecule has 1 saturated heterocycles. The summed E-state index contributed by atoms with van der Waals surface area (Å²) in [6.45, 7) is 3.25. The van der Waals surface area contributed by atoms with Crippen LogP contribution in [0.3, 0.4) is 0 Å². The van der Waals surface area contributed by atoms with Gasteiger partial charge >= 0.3 is 0 Å². The monoisotopic (exact) mass is 377 g/mol. The average molecular weight is 377 g/mol. The normalized spacial score (nSPS) is 20.9. The van der Waals surface area contributed by atoms with Crippen LogP contribution in [0.2, 0.25) is 0 Å². The lowest BCUT2D eigenvalue weighted by Gasteiger charge is -2.29. The number of piperazine rings is 1. The molecule has 1 amide bonds. The highest BCUT2D eigenvalue weighted by atomic mass is 32.2. The highest BCUT2D eigenvalue weighted by Crippen LogP contribution is 2.28. The van der Waals surface area contributed by atoms with Gasteiger partial charge in [0.05, 0.1) is 5.70 Å². The molecule has 5 rings (SSSR count). The van der Waals surface area contributed by atoms with Crippen molar-refractivity contribution in [1.82, 2.24) is 20.5 Å². The van der Waals surface area contributed by atoms with Crippen LogP contribution in [0.25, 0.3) is 16.8 Å². The van der Waals surface area contributed by atoms with E-state index in [4.69, 9.17) is 0 Å². The van der Waals surface area contributed by atoms with Gasteiger partial charge in [-0.2, -0.15) is 0 Å². The van der Waals surface area contributed by atoms with Crippen LogP contribution in [0.1, 0.15) is 0 Å². The maximum Gasteiger partial charge on any atom is 0.256 e. The molecule has 0 spiro atoms. The summed E-state index contributed by atoms with van der Waals surface area (Å²) in [6.07, 6.45) is 1.86. The molecule has 1 aromatic heterocycles. The third-order valence-corrected chi connectivity index (χ3v) is 5.93. The fourth-order valence-electron chi connectivity index (χ4n) is 3.47. The van der Waals surface area contributed by atoms with E-state index in [2.05, 4.69) is 38.8 Å². The molecule has 0 bridgehead atoms. The zero-order valence-corrected chi connectivity index (χ0v) is 15.5. The van der Waals surface area contributed by atoms with E-state index in [1.165, 1.54) is 11.8 Å². The van der Waals surface area contributed by atoms with Crippen molar-refractivity contribution in [3.8, 4) is 11.1 Å². The fourth-order valence-corrected chi connectivity index (χ4v) is 4.38. The first-order valence-corrected chi connectivity index (χ1v) is 10.0. The van der Waals surface area contributed by atoms with Gasteiger partial charge in [-0.25, -0.2) is 9.98 Å². The minimum Gasteiger partial charge on any atom is -0.363 e. The third kappa shape index (κ3) is 3.02. The lowest BCUT2D eigenvalue weighted by molar-refractivity contribution is -0.131. The second kappa shape index (κ2) is 6.83. The summed E-state index contributed by atoms with van der Waals surface area (Å²) in [6, 6.07) is 12.3. The van der Waals surface area contributed by atoms with Crippen LogP contribution >= 0.6 is 11.8 Å². The Bertz CT molecular complexity index is 1040. The summed E-state index contributed by atoms with van der Waals surface area (Å²) in [4.78, 5) is 23.6. The van der Waals surface area contributed by atoms with Crippen molar-refractivity contribution in [2.75, 3.05) is 26.2 Å². The molecule has 1 fully saturated rings. The highest BCUT2D eigenvalue weighted by Gasteiger charge is 2.31. The van der Waals surface area contributed by atoms with Gasteiger partial charge in [-0.3, -0.25) is 4.79 Å². The summed E-state index contributed by atoms with van der Waals surface area (Å²) >= 11 is 1.52. The van der Waals surface area contributed by atoms with Crippen LogP contribution in [0.15, 0.2) is 58.7 Å². The molecule has 2 N–H and O–H groups in total. The van der Waals surface area contributed by atoms with E-state index in [1.807, 2.05) is 34.7 Å². The first-order chi connectivity index (χ1) is 13.3. The number of rotatable bonds is 3. The van der Waals surface area contributed by atoms with E-state index in [0.29, 0.717) is 0 Å². The van der Waals surface area contributed by atoms with Crippen molar-refractivity contribution < 1.29 is 4.79 Å². The van der Waals surface area contributed by atoms with E-state index in [1.54, 1.807) is 0 Å². The van der Waals surface area contributed by atoms with E-state index < -0.39 is 0 Å². The Morgan fingerprint density at radius 1 is 1.15 bits per heavy atom. The van der Waals surface area contributed by atoms with Gasteiger partial charge < -0.3 is 15.5 Å².